The van der Waals surface area contributed by atoms with Crippen LogP contribution in [0.15, 0.2) is 0 Å². The van der Waals surface area contributed by atoms with Crippen molar-refractivity contribution >= 4 is 0 Å². The van der Waals surface area contributed by atoms with E-state index in [0.717, 1.165) is 12.4 Å². The molecule has 1 aromatic heterocycles. The minimum Gasteiger partial charge on any atom is -0.382 e. The largest absolute Gasteiger partial charge is 0.382 e. The summed E-state index contributed by atoms with van der Waals surface area (Å²) in [5.74, 6) is 0.831. The molecule has 0 radical (unpaired) electrons. The highest BCUT2D eigenvalue weighted by atomic mass is 16.5. The van der Waals surface area contributed by atoms with E-state index in [9.17, 15) is 0 Å². The van der Waals surface area contributed by atoms with Crippen LogP contribution >= 0.6 is 0 Å². The lowest BCUT2D eigenvalue weighted by Gasteiger charge is -2.05. The van der Waals surface area contributed by atoms with Crippen LogP contribution in [0.5, 0.6) is 0 Å². The lowest BCUT2D eigenvalue weighted by Crippen LogP contribution is -2.19. The fraction of sp³-hybridized carbons (Fsp3) is 0.889. The van der Waals surface area contributed by atoms with Crippen LogP contribution in [0.4, 0.5) is 0 Å². The smallest absolute Gasteiger partial charge is 0.165 e. The minimum absolute atomic E-state index is 0.591. The third-order valence-corrected chi connectivity index (χ3v) is 2.02. The van der Waals surface area contributed by atoms with Crippen LogP contribution in [0.1, 0.15) is 12.7 Å². The Labute approximate surface area is 95.1 Å². The first-order chi connectivity index (χ1) is 7.88. The average Bonchev–Trinajstić information content (AvgIpc) is 2.74. The molecule has 0 spiro atoms. The zero-order valence-electron chi connectivity index (χ0n) is 9.85. The molecule has 0 aliphatic heterocycles. The van der Waals surface area contributed by atoms with Gasteiger partial charge in [0, 0.05) is 7.11 Å². The van der Waals surface area contributed by atoms with Crippen LogP contribution in [-0.4, -0.2) is 53.7 Å². The van der Waals surface area contributed by atoms with Crippen LogP contribution in [0.2, 0.25) is 0 Å². The molecule has 0 saturated heterocycles. The zero-order chi connectivity index (χ0) is 11.6. The summed E-state index contributed by atoms with van der Waals surface area (Å²) in [5.41, 5.74) is 0. The van der Waals surface area contributed by atoms with E-state index in [1.54, 1.807) is 11.8 Å². The number of tetrazole rings is 1. The molecule has 0 amide bonds. The number of nitrogens with one attached hydrogen (secondary N) is 1. The maximum Gasteiger partial charge on any atom is 0.165 e. The number of hydrogen-bond acceptors (Lipinski definition) is 6. The van der Waals surface area contributed by atoms with Crippen molar-refractivity contribution in [2.45, 2.75) is 20.0 Å². The van der Waals surface area contributed by atoms with E-state index in [1.807, 2.05) is 6.92 Å². The summed E-state index contributed by atoms with van der Waals surface area (Å²) < 4.78 is 12.0. The fourth-order valence-electron chi connectivity index (χ4n) is 1.16. The quantitative estimate of drug-likeness (QED) is 0.572. The van der Waals surface area contributed by atoms with Gasteiger partial charge in [0.25, 0.3) is 0 Å². The third-order valence-electron chi connectivity index (χ3n) is 2.02. The summed E-state index contributed by atoms with van der Waals surface area (Å²) >= 11 is 0. The first-order valence-corrected chi connectivity index (χ1v) is 5.41. The predicted octanol–water partition coefficient (Wildman–Crippen LogP) is -0.554. The second-order valence-corrected chi connectivity index (χ2v) is 3.20. The van der Waals surface area contributed by atoms with Gasteiger partial charge in [-0.25, -0.2) is 4.68 Å². The normalized spacial score (nSPS) is 10.9. The first kappa shape index (κ1) is 13.0. The number of hydrogen-bond donors (Lipinski definition) is 1. The molecule has 1 rings (SSSR count). The lowest BCUT2D eigenvalue weighted by molar-refractivity contribution is 0.0648. The molecule has 0 aliphatic carbocycles. The molecule has 0 aromatic carbocycles. The lowest BCUT2D eigenvalue weighted by atomic mass is 10.5. The van der Waals surface area contributed by atoms with Gasteiger partial charge in [-0.3, -0.25) is 0 Å². The second-order valence-electron chi connectivity index (χ2n) is 3.20. The number of aromatic nitrogens is 4. The molecule has 7 heteroatoms. The van der Waals surface area contributed by atoms with Gasteiger partial charge < -0.3 is 14.8 Å². The Balaban J connectivity index is 2.22. The van der Waals surface area contributed by atoms with Crippen LogP contribution < -0.4 is 5.32 Å². The second kappa shape index (κ2) is 8.14. The van der Waals surface area contributed by atoms with Crippen molar-refractivity contribution in [1.29, 1.82) is 0 Å². The molecule has 1 aromatic rings. The van der Waals surface area contributed by atoms with E-state index in [2.05, 4.69) is 20.8 Å². The Bertz CT molecular complexity index is 279. The molecule has 0 atom stereocenters. The van der Waals surface area contributed by atoms with Crippen molar-refractivity contribution in [3.05, 3.63) is 5.82 Å². The Hall–Kier alpha value is -1.05. The van der Waals surface area contributed by atoms with Gasteiger partial charge >= 0.3 is 0 Å². The van der Waals surface area contributed by atoms with E-state index >= 15 is 0 Å². The monoisotopic (exact) mass is 229 g/mol. The topological polar surface area (TPSA) is 74.1 Å². The molecule has 7 nitrogen and oxygen atoms in total. The molecular formula is C9H19N5O2. The van der Waals surface area contributed by atoms with E-state index in [1.165, 1.54) is 0 Å². The molecule has 0 fully saturated rings. The maximum absolute atomic E-state index is 5.35. The minimum atomic E-state index is 0.591. The van der Waals surface area contributed by atoms with E-state index in [0.29, 0.717) is 32.9 Å². The standard InChI is InChI=1S/C9H19N5O2/c1-3-10-8-9-11-12-13-14(9)4-5-16-7-6-15-2/h10H,3-8H2,1-2H3. The molecule has 0 saturated carbocycles. The average molecular weight is 229 g/mol. The molecule has 0 unspecified atom stereocenters. The summed E-state index contributed by atoms with van der Waals surface area (Å²) in [6.45, 7) is 6.09. The molecule has 1 heterocycles. The van der Waals surface area contributed by atoms with Gasteiger partial charge in [0.15, 0.2) is 5.82 Å². The summed E-state index contributed by atoms with van der Waals surface area (Å²) in [4.78, 5) is 0. The van der Waals surface area contributed by atoms with Gasteiger partial charge in [-0.2, -0.15) is 0 Å². The van der Waals surface area contributed by atoms with Crippen molar-refractivity contribution in [1.82, 2.24) is 25.5 Å². The third kappa shape index (κ3) is 4.65. The van der Waals surface area contributed by atoms with Gasteiger partial charge in [0.1, 0.15) is 0 Å². The number of methoxy groups -OCH3 is 1. The van der Waals surface area contributed by atoms with Crippen molar-refractivity contribution in [3.8, 4) is 0 Å². The molecule has 16 heavy (non-hydrogen) atoms. The van der Waals surface area contributed by atoms with Crippen LogP contribution in [0, 0.1) is 0 Å². The number of rotatable bonds is 9. The van der Waals surface area contributed by atoms with Crippen molar-refractivity contribution in [2.24, 2.45) is 0 Å². The number of ether oxygens (including phenoxy) is 2. The predicted molar refractivity (Wildman–Crippen MR) is 57.9 cm³/mol. The first-order valence-electron chi connectivity index (χ1n) is 5.41. The van der Waals surface area contributed by atoms with E-state index < -0.39 is 0 Å². The molecular weight excluding hydrogens is 210 g/mol. The summed E-state index contributed by atoms with van der Waals surface area (Å²) in [5, 5.41) is 14.6. The van der Waals surface area contributed by atoms with Crippen molar-refractivity contribution in [2.75, 3.05) is 33.5 Å². The molecule has 92 valence electrons. The van der Waals surface area contributed by atoms with Crippen LogP contribution in [0.25, 0.3) is 0 Å². The van der Waals surface area contributed by atoms with Crippen LogP contribution in [-0.2, 0) is 22.6 Å². The van der Waals surface area contributed by atoms with Crippen LogP contribution in [0.3, 0.4) is 0 Å². The highest BCUT2D eigenvalue weighted by Crippen LogP contribution is 1.91. The highest BCUT2D eigenvalue weighted by molar-refractivity contribution is 4.79. The van der Waals surface area contributed by atoms with E-state index in [-0.39, 0.29) is 0 Å². The van der Waals surface area contributed by atoms with Gasteiger partial charge in [-0.15, -0.1) is 5.10 Å². The highest BCUT2D eigenvalue weighted by Gasteiger charge is 2.04. The summed E-state index contributed by atoms with van der Waals surface area (Å²) in [6.07, 6.45) is 0. The van der Waals surface area contributed by atoms with Crippen molar-refractivity contribution in [3.63, 3.8) is 0 Å². The Morgan fingerprint density at radius 2 is 2.19 bits per heavy atom. The molecule has 1 N–H and O–H groups in total. The zero-order valence-corrected chi connectivity index (χ0v) is 9.85. The maximum atomic E-state index is 5.35. The Morgan fingerprint density at radius 3 is 2.94 bits per heavy atom. The Morgan fingerprint density at radius 1 is 1.31 bits per heavy atom. The molecule has 0 bridgehead atoms. The van der Waals surface area contributed by atoms with Crippen molar-refractivity contribution < 1.29 is 9.47 Å². The summed E-state index contributed by atoms with van der Waals surface area (Å²) in [6, 6.07) is 0. The number of nitrogens with zero attached hydrogens (tertiary/aromatic N) is 4. The summed E-state index contributed by atoms with van der Waals surface area (Å²) in [7, 11) is 1.65. The van der Waals surface area contributed by atoms with Gasteiger partial charge in [0.2, 0.25) is 0 Å². The van der Waals surface area contributed by atoms with Gasteiger partial charge in [-0.05, 0) is 17.0 Å². The Kier molecular flexibility index (Phi) is 6.62. The van der Waals surface area contributed by atoms with E-state index in [4.69, 9.17) is 9.47 Å². The SMILES string of the molecule is CCNCc1nnnn1CCOCCOC. The van der Waals surface area contributed by atoms with Gasteiger partial charge in [0.05, 0.1) is 32.9 Å². The van der Waals surface area contributed by atoms with Gasteiger partial charge in [-0.1, -0.05) is 6.92 Å². The molecule has 0 aliphatic rings. The fourth-order valence-corrected chi connectivity index (χ4v) is 1.16.